The molecule has 3 rings (SSSR count). The Morgan fingerprint density at radius 3 is 1.46 bits per heavy atom. The largest absolute Gasteiger partial charge is 0.377 e. The normalized spacial score (nSPS) is 23.4. The smallest absolute Gasteiger partial charge is 0.0846 e. The molecule has 0 aromatic heterocycles. The topological polar surface area (TPSA) is 46.2 Å². The predicted octanol–water partition coefficient (Wildman–Crippen LogP) is 2.47. The van der Waals surface area contributed by atoms with Crippen molar-refractivity contribution in [2.75, 3.05) is 52.9 Å². The summed E-state index contributed by atoms with van der Waals surface area (Å²) in [6.45, 7) is 8.64. The molecule has 2 aliphatic heterocycles. The van der Waals surface area contributed by atoms with Gasteiger partial charge in [0.2, 0.25) is 0 Å². The lowest BCUT2D eigenvalue weighted by atomic mass is 10.1. The van der Waals surface area contributed by atoms with Gasteiger partial charge in [-0.05, 0) is 16.3 Å². The van der Waals surface area contributed by atoms with E-state index >= 15 is 0 Å². The van der Waals surface area contributed by atoms with Crippen molar-refractivity contribution in [3.8, 4) is 0 Å². The SMILES string of the molecule is C[Si]1(c2c3cccc2COCCOCCOCCOCCOC3)CCC1. The fraction of sp³-hybridized carbons (Fsp3) is 0.700. The molecule has 2 bridgehead atoms. The molecule has 0 amide bonds. The number of benzene rings is 1. The molecule has 0 aliphatic carbocycles. The van der Waals surface area contributed by atoms with E-state index in [2.05, 4.69) is 24.7 Å². The van der Waals surface area contributed by atoms with E-state index in [0.29, 0.717) is 66.1 Å². The van der Waals surface area contributed by atoms with Crippen LogP contribution in [0.2, 0.25) is 18.6 Å². The van der Waals surface area contributed by atoms with Gasteiger partial charge in [-0.1, -0.05) is 43.3 Å². The number of hydrogen-bond acceptors (Lipinski definition) is 5. The summed E-state index contributed by atoms with van der Waals surface area (Å²) in [5.74, 6) is 0. The third-order valence-corrected chi connectivity index (χ3v) is 10.1. The molecule has 0 N–H and O–H groups in total. The summed E-state index contributed by atoms with van der Waals surface area (Å²) in [5, 5.41) is 1.57. The predicted molar refractivity (Wildman–Crippen MR) is 104 cm³/mol. The van der Waals surface area contributed by atoms with Crippen LogP contribution in [0.25, 0.3) is 0 Å². The second kappa shape index (κ2) is 10.5. The standard InChI is InChI=1S/C20H32O5Si/c1-26(14-3-15-26)20-18-4-2-5-19(20)17-25-13-11-23-9-7-21-6-8-22-10-12-24-16-18/h2,4-5H,3,6-17H2,1H3. The van der Waals surface area contributed by atoms with Gasteiger partial charge in [-0.15, -0.1) is 0 Å². The molecule has 0 spiro atoms. The maximum atomic E-state index is 5.92. The van der Waals surface area contributed by atoms with Crippen molar-refractivity contribution in [1.29, 1.82) is 0 Å². The summed E-state index contributed by atoms with van der Waals surface area (Å²) in [6, 6.07) is 9.35. The van der Waals surface area contributed by atoms with Crippen LogP contribution < -0.4 is 5.19 Å². The zero-order valence-electron chi connectivity index (χ0n) is 16.0. The summed E-state index contributed by atoms with van der Waals surface area (Å²) in [5.41, 5.74) is 2.70. The van der Waals surface area contributed by atoms with Crippen LogP contribution in [0, 0.1) is 0 Å². The fourth-order valence-corrected chi connectivity index (χ4v) is 7.54. The van der Waals surface area contributed by atoms with Gasteiger partial charge in [-0.2, -0.15) is 0 Å². The molecule has 5 nitrogen and oxygen atoms in total. The number of rotatable bonds is 1. The maximum Gasteiger partial charge on any atom is 0.0846 e. The Morgan fingerprint density at radius 2 is 1.08 bits per heavy atom. The maximum absolute atomic E-state index is 5.92. The summed E-state index contributed by atoms with van der Waals surface area (Å²) < 4.78 is 28.4. The van der Waals surface area contributed by atoms with E-state index in [4.69, 9.17) is 23.7 Å². The lowest BCUT2D eigenvalue weighted by Crippen LogP contribution is -2.53. The van der Waals surface area contributed by atoms with Crippen LogP contribution in [0.1, 0.15) is 17.5 Å². The molecule has 1 aromatic rings. The van der Waals surface area contributed by atoms with E-state index in [-0.39, 0.29) is 0 Å². The Balaban J connectivity index is 1.68. The van der Waals surface area contributed by atoms with Crippen LogP contribution in [-0.4, -0.2) is 60.9 Å². The summed E-state index contributed by atoms with van der Waals surface area (Å²) >= 11 is 0. The molecule has 0 saturated carbocycles. The number of ether oxygens (including phenoxy) is 5. The molecule has 1 saturated heterocycles. The highest BCUT2D eigenvalue weighted by atomic mass is 28.3. The molecule has 6 heteroatoms. The van der Waals surface area contributed by atoms with Crippen molar-refractivity contribution in [1.82, 2.24) is 0 Å². The Labute approximate surface area is 157 Å². The highest BCUT2D eigenvalue weighted by molar-refractivity contribution is 6.93. The summed E-state index contributed by atoms with van der Waals surface area (Å²) in [7, 11) is -1.35. The molecular formula is C20H32O5Si. The monoisotopic (exact) mass is 380 g/mol. The van der Waals surface area contributed by atoms with E-state index in [1.165, 1.54) is 29.6 Å². The highest BCUT2D eigenvalue weighted by Gasteiger charge is 2.39. The lowest BCUT2D eigenvalue weighted by molar-refractivity contribution is -0.0142. The molecule has 0 unspecified atom stereocenters. The third kappa shape index (κ3) is 5.61. The van der Waals surface area contributed by atoms with Crippen LogP contribution in [-0.2, 0) is 36.9 Å². The third-order valence-electron chi connectivity index (χ3n) is 5.30. The van der Waals surface area contributed by atoms with Crippen molar-refractivity contribution in [3.63, 3.8) is 0 Å². The molecule has 1 fully saturated rings. The van der Waals surface area contributed by atoms with Crippen LogP contribution in [0.3, 0.4) is 0 Å². The second-order valence-electron chi connectivity index (χ2n) is 7.31. The Morgan fingerprint density at radius 1 is 0.654 bits per heavy atom. The first-order valence-corrected chi connectivity index (χ1v) is 12.7. The first kappa shape index (κ1) is 20.0. The Kier molecular flexibility index (Phi) is 8.10. The van der Waals surface area contributed by atoms with Gasteiger partial charge < -0.3 is 23.7 Å². The number of fused-ring (bicyclic) bond motifs is 2. The van der Waals surface area contributed by atoms with Gasteiger partial charge >= 0.3 is 0 Å². The van der Waals surface area contributed by atoms with Crippen molar-refractivity contribution < 1.29 is 23.7 Å². The van der Waals surface area contributed by atoms with Gasteiger partial charge in [0.1, 0.15) is 0 Å². The zero-order valence-corrected chi connectivity index (χ0v) is 17.0. The molecule has 146 valence electrons. The van der Waals surface area contributed by atoms with Gasteiger partial charge in [0.15, 0.2) is 0 Å². The van der Waals surface area contributed by atoms with Gasteiger partial charge in [0, 0.05) is 0 Å². The first-order valence-electron chi connectivity index (χ1n) is 9.79. The molecule has 0 radical (unpaired) electrons. The Bertz CT molecular complexity index is 513. The van der Waals surface area contributed by atoms with Crippen LogP contribution in [0.4, 0.5) is 0 Å². The summed E-state index contributed by atoms with van der Waals surface area (Å²) in [6.07, 6.45) is 1.36. The van der Waals surface area contributed by atoms with Gasteiger partial charge in [-0.25, -0.2) is 0 Å². The molecule has 0 atom stereocenters. The van der Waals surface area contributed by atoms with E-state index in [0.717, 1.165) is 0 Å². The average molecular weight is 381 g/mol. The average Bonchev–Trinajstić information content (AvgIpc) is 2.62. The minimum Gasteiger partial charge on any atom is -0.377 e. The van der Waals surface area contributed by atoms with Crippen LogP contribution in [0.15, 0.2) is 18.2 Å². The minimum atomic E-state index is -1.35. The minimum absolute atomic E-state index is 0.593. The summed E-state index contributed by atoms with van der Waals surface area (Å²) in [4.78, 5) is 0. The molecular weight excluding hydrogens is 348 g/mol. The van der Waals surface area contributed by atoms with E-state index < -0.39 is 8.07 Å². The molecule has 26 heavy (non-hydrogen) atoms. The molecule has 2 aliphatic rings. The van der Waals surface area contributed by atoms with E-state index in [9.17, 15) is 0 Å². The molecule has 1 aromatic carbocycles. The van der Waals surface area contributed by atoms with Gasteiger partial charge in [0.05, 0.1) is 74.1 Å². The van der Waals surface area contributed by atoms with Crippen LogP contribution >= 0.6 is 0 Å². The quantitative estimate of drug-likeness (QED) is 0.701. The van der Waals surface area contributed by atoms with Crippen molar-refractivity contribution in [2.24, 2.45) is 0 Å². The fourth-order valence-electron chi connectivity index (χ4n) is 3.77. The Hall–Kier alpha value is -0.763. The lowest BCUT2D eigenvalue weighted by Gasteiger charge is -2.39. The van der Waals surface area contributed by atoms with Crippen molar-refractivity contribution >= 4 is 13.3 Å². The van der Waals surface area contributed by atoms with E-state index in [1.54, 1.807) is 5.19 Å². The van der Waals surface area contributed by atoms with Crippen LogP contribution in [0.5, 0.6) is 0 Å². The van der Waals surface area contributed by atoms with Crippen molar-refractivity contribution in [2.45, 2.75) is 38.3 Å². The first-order chi connectivity index (χ1) is 12.8. The van der Waals surface area contributed by atoms with Gasteiger partial charge in [0.25, 0.3) is 0 Å². The highest BCUT2D eigenvalue weighted by Crippen LogP contribution is 2.33. The number of hydrogen-bond donors (Lipinski definition) is 0. The van der Waals surface area contributed by atoms with Crippen molar-refractivity contribution in [3.05, 3.63) is 29.3 Å². The zero-order chi connectivity index (χ0) is 18.1. The van der Waals surface area contributed by atoms with E-state index in [1.807, 2.05) is 0 Å². The molecule has 2 heterocycles. The van der Waals surface area contributed by atoms with Gasteiger partial charge in [-0.3, -0.25) is 0 Å². The second-order valence-corrected chi connectivity index (χ2v) is 11.9.